The van der Waals surface area contributed by atoms with Crippen molar-refractivity contribution >= 4 is 15.9 Å². The van der Waals surface area contributed by atoms with Crippen LogP contribution >= 0.6 is 15.9 Å². The summed E-state index contributed by atoms with van der Waals surface area (Å²) in [5.74, 6) is 0. The van der Waals surface area contributed by atoms with Crippen molar-refractivity contribution in [2.24, 2.45) is 7.05 Å². The third kappa shape index (κ3) is 4.97. The molecule has 1 aromatic rings. The van der Waals surface area contributed by atoms with Crippen LogP contribution in [0.25, 0.3) is 0 Å². The zero-order valence-electron chi connectivity index (χ0n) is 10.4. The predicted octanol–water partition coefficient (Wildman–Crippen LogP) is 3.31. The normalized spacial score (nSPS) is 12.1. The smallest absolute Gasteiger partial charge is 0.311 e. The number of aromatic nitrogens is 2. The van der Waals surface area contributed by atoms with Gasteiger partial charge < -0.3 is 5.32 Å². The van der Waals surface area contributed by atoms with Gasteiger partial charge in [-0.2, -0.15) is 18.3 Å². The second kappa shape index (κ2) is 6.56. The van der Waals surface area contributed by atoms with Crippen molar-refractivity contribution < 1.29 is 13.2 Å². The van der Waals surface area contributed by atoms with Crippen LogP contribution < -0.4 is 5.32 Å². The van der Waals surface area contributed by atoms with Crippen LogP contribution in [0.3, 0.4) is 0 Å². The summed E-state index contributed by atoms with van der Waals surface area (Å²) in [4.78, 5) is 0. The summed E-state index contributed by atoms with van der Waals surface area (Å²) in [6.45, 7) is 3.08. The Hall–Kier alpha value is -0.560. The summed E-state index contributed by atoms with van der Waals surface area (Å²) in [6.07, 6.45) is -4.05. The first-order chi connectivity index (χ1) is 8.31. The van der Waals surface area contributed by atoms with Crippen LogP contribution in [0.15, 0.2) is 4.47 Å². The van der Waals surface area contributed by atoms with Gasteiger partial charge in [0, 0.05) is 20.0 Å². The van der Waals surface area contributed by atoms with E-state index in [-0.39, 0.29) is 6.42 Å². The molecule has 0 saturated heterocycles. The van der Waals surface area contributed by atoms with E-state index in [1.807, 2.05) is 14.0 Å². The second-order valence-corrected chi connectivity index (χ2v) is 5.01. The third-order valence-electron chi connectivity index (χ3n) is 2.62. The lowest BCUT2D eigenvalue weighted by atomic mass is 10.2. The zero-order chi connectivity index (χ0) is 13.8. The second-order valence-electron chi connectivity index (χ2n) is 4.22. The van der Waals surface area contributed by atoms with Gasteiger partial charge in [-0.1, -0.05) is 0 Å². The minimum absolute atomic E-state index is 0.169. The molecule has 0 aliphatic heterocycles. The Bertz CT molecular complexity index is 388. The molecule has 0 aromatic carbocycles. The fraction of sp³-hybridized carbons (Fsp3) is 0.727. The Balaban J connectivity index is 2.22. The molecule has 3 nitrogen and oxygen atoms in total. The minimum atomic E-state index is -4.04. The van der Waals surface area contributed by atoms with E-state index < -0.39 is 12.6 Å². The van der Waals surface area contributed by atoms with Crippen molar-refractivity contribution in [3.63, 3.8) is 0 Å². The monoisotopic (exact) mass is 327 g/mol. The van der Waals surface area contributed by atoms with Gasteiger partial charge in [0.2, 0.25) is 0 Å². The molecule has 0 unspecified atom stereocenters. The zero-order valence-corrected chi connectivity index (χ0v) is 12.0. The van der Waals surface area contributed by atoms with Gasteiger partial charge in [0.05, 0.1) is 15.9 Å². The van der Waals surface area contributed by atoms with E-state index in [1.54, 1.807) is 4.68 Å². The molecule has 0 amide bonds. The van der Waals surface area contributed by atoms with E-state index in [1.165, 1.54) is 0 Å². The largest absolute Gasteiger partial charge is 0.389 e. The molecule has 0 radical (unpaired) electrons. The molecule has 0 bridgehead atoms. The number of halogens is 4. The number of hydrogen-bond acceptors (Lipinski definition) is 2. The van der Waals surface area contributed by atoms with Gasteiger partial charge in [-0.15, -0.1) is 0 Å². The highest BCUT2D eigenvalue weighted by Gasteiger charge is 2.25. The number of rotatable bonds is 6. The number of nitrogens with one attached hydrogen (secondary N) is 1. The van der Waals surface area contributed by atoms with Crippen LogP contribution in [0.5, 0.6) is 0 Å². The van der Waals surface area contributed by atoms with Gasteiger partial charge in [-0.05, 0) is 42.2 Å². The Morgan fingerprint density at radius 3 is 2.50 bits per heavy atom. The molecule has 7 heteroatoms. The molecule has 1 N–H and O–H groups in total. The Morgan fingerprint density at radius 1 is 1.33 bits per heavy atom. The van der Waals surface area contributed by atoms with Crippen molar-refractivity contribution in [2.75, 3.05) is 6.54 Å². The maximum atomic E-state index is 11.9. The molecule has 18 heavy (non-hydrogen) atoms. The van der Waals surface area contributed by atoms with Crippen LogP contribution in [-0.2, 0) is 13.6 Å². The topological polar surface area (TPSA) is 29.9 Å². The first-order valence-corrected chi connectivity index (χ1v) is 6.56. The first-order valence-electron chi connectivity index (χ1n) is 5.76. The Kier molecular flexibility index (Phi) is 5.65. The maximum Gasteiger partial charge on any atom is 0.389 e. The Morgan fingerprint density at radius 2 is 2.00 bits per heavy atom. The van der Waals surface area contributed by atoms with E-state index in [9.17, 15) is 13.2 Å². The highest BCUT2D eigenvalue weighted by Crippen LogP contribution is 2.22. The van der Waals surface area contributed by atoms with E-state index in [4.69, 9.17) is 0 Å². The summed E-state index contributed by atoms with van der Waals surface area (Å²) >= 11 is 3.44. The SMILES string of the molecule is Cc1nn(C)c(CNCCCCC(F)(F)F)c1Br. The first kappa shape index (κ1) is 15.5. The molecule has 104 valence electrons. The van der Waals surface area contributed by atoms with Gasteiger partial charge in [0.25, 0.3) is 0 Å². The average Bonchev–Trinajstić information content (AvgIpc) is 2.47. The van der Waals surface area contributed by atoms with Gasteiger partial charge in [-0.25, -0.2) is 0 Å². The van der Waals surface area contributed by atoms with Gasteiger partial charge in [0.1, 0.15) is 0 Å². The molecule has 0 spiro atoms. The van der Waals surface area contributed by atoms with Crippen molar-refractivity contribution in [1.29, 1.82) is 0 Å². The summed E-state index contributed by atoms with van der Waals surface area (Å²) in [7, 11) is 1.85. The lowest BCUT2D eigenvalue weighted by molar-refractivity contribution is -0.135. The molecular weight excluding hydrogens is 311 g/mol. The molecule has 0 saturated carbocycles. The van der Waals surface area contributed by atoms with Gasteiger partial charge >= 0.3 is 6.18 Å². The standard InChI is InChI=1S/C11H17BrF3N3/c1-8-10(12)9(18(2)17-8)7-16-6-4-3-5-11(13,14)15/h16H,3-7H2,1-2H3. The van der Waals surface area contributed by atoms with E-state index in [0.717, 1.165) is 15.9 Å². The summed E-state index contributed by atoms with van der Waals surface area (Å²) < 4.78 is 38.4. The van der Waals surface area contributed by atoms with Crippen molar-refractivity contribution in [1.82, 2.24) is 15.1 Å². The molecule has 0 atom stereocenters. The quantitative estimate of drug-likeness (QED) is 0.812. The summed E-state index contributed by atoms with van der Waals surface area (Å²) in [5, 5.41) is 7.36. The Labute approximate surface area is 113 Å². The van der Waals surface area contributed by atoms with E-state index in [2.05, 4.69) is 26.3 Å². The predicted molar refractivity (Wildman–Crippen MR) is 67.3 cm³/mol. The third-order valence-corrected chi connectivity index (χ3v) is 3.65. The lowest BCUT2D eigenvalue weighted by Crippen LogP contribution is -2.18. The fourth-order valence-electron chi connectivity index (χ4n) is 1.65. The molecule has 0 fully saturated rings. The minimum Gasteiger partial charge on any atom is -0.311 e. The van der Waals surface area contributed by atoms with E-state index in [0.29, 0.717) is 19.5 Å². The summed E-state index contributed by atoms with van der Waals surface area (Å²) in [5.41, 5.74) is 1.91. The maximum absolute atomic E-state index is 11.9. The van der Waals surface area contributed by atoms with E-state index >= 15 is 0 Å². The highest BCUT2D eigenvalue weighted by atomic mass is 79.9. The van der Waals surface area contributed by atoms with Crippen molar-refractivity contribution in [3.8, 4) is 0 Å². The van der Waals surface area contributed by atoms with Gasteiger partial charge in [0.15, 0.2) is 0 Å². The van der Waals surface area contributed by atoms with Crippen LogP contribution in [0, 0.1) is 6.92 Å². The number of alkyl halides is 3. The molecule has 0 aliphatic carbocycles. The highest BCUT2D eigenvalue weighted by molar-refractivity contribution is 9.10. The molecule has 1 rings (SSSR count). The number of aryl methyl sites for hydroxylation is 2. The van der Waals surface area contributed by atoms with Crippen molar-refractivity contribution in [2.45, 2.75) is 38.9 Å². The number of nitrogens with zero attached hydrogens (tertiary/aromatic N) is 2. The molecular formula is C11H17BrF3N3. The van der Waals surface area contributed by atoms with Crippen LogP contribution in [0.4, 0.5) is 13.2 Å². The number of hydrogen-bond donors (Lipinski definition) is 1. The van der Waals surface area contributed by atoms with Crippen LogP contribution in [-0.4, -0.2) is 22.5 Å². The van der Waals surface area contributed by atoms with Crippen molar-refractivity contribution in [3.05, 3.63) is 15.9 Å². The average molecular weight is 328 g/mol. The lowest BCUT2D eigenvalue weighted by Gasteiger charge is -2.07. The molecule has 1 aromatic heterocycles. The fourth-order valence-corrected chi connectivity index (χ4v) is 2.13. The van der Waals surface area contributed by atoms with Gasteiger partial charge in [-0.3, -0.25) is 4.68 Å². The van der Waals surface area contributed by atoms with Crippen LogP contribution in [0.2, 0.25) is 0 Å². The molecule has 0 aliphatic rings. The summed E-state index contributed by atoms with van der Waals surface area (Å²) in [6, 6.07) is 0. The number of unbranched alkanes of at least 4 members (excludes halogenated alkanes) is 1. The van der Waals surface area contributed by atoms with Crippen LogP contribution in [0.1, 0.15) is 30.7 Å². The molecule has 1 heterocycles.